The molecule has 0 radical (unpaired) electrons. The number of halogens is 2. The van der Waals surface area contributed by atoms with Gasteiger partial charge in [-0.15, -0.1) is 0 Å². The number of benzene rings is 1. The lowest BCUT2D eigenvalue weighted by Gasteiger charge is -2.29. The van der Waals surface area contributed by atoms with Crippen molar-refractivity contribution in [3.8, 4) is 0 Å². The Morgan fingerprint density at radius 2 is 2.27 bits per heavy atom. The van der Waals surface area contributed by atoms with Gasteiger partial charge in [0.1, 0.15) is 5.82 Å². The smallest absolute Gasteiger partial charge is 0.166 e. The quantitative estimate of drug-likeness (QED) is 0.735. The van der Waals surface area contributed by atoms with Crippen molar-refractivity contribution >= 4 is 23.1 Å². The summed E-state index contributed by atoms with van der Waals surface area (Å²) in [6.45, 7) is 3.48. The Labute approximate surface area is 92.6 Å². The first kappa shape index (κ1) is 10.4. The lowest BCUT2D eigenvalue weighted by Crippen LogP contribution is -2.31. The number of ketones is 1. The molecule has 1 aromatic rings. The van der Waals surface area contributed by atoms with Crippen LogP contribution >= 0.6 is 11.6 Å². The van der Waals surface area contributed by atoms with Crippen LogP contribution in [0.5, 0.6) is 0 Å². The van der Waals surface area contributed by atoms with E-state index in [-0.39, 0.29) is 10.8 Å². The molecule has 15 heavy (non-hydrogen) atoms. The Morgan fingerprint density at radius 3 is 2.93 bits per heavy atom. The van der Waals surface area contributed by atoms with E-state index < -0.39 is 5.82 Å². The number of Topliss-reactive ketones (excluding diaryl/α,β-unsaturated/α-hetero) is 1. The summed E-state index contributed by atoms with van der Waals surface area (Å²) in [6.07, 6.45) is 0.446. The molecule has 4 heteroatoms. The highest BCUT2D eigenvalue weighted by molar-refractivity contribution is 6.31. The average Bonchev–Trinajstić information content (AvgIpc) is 2.22. The van der Waals surface area contributed by atoms with E-state index in [4.69, 9.17) is 11.6 Å². The highest BCUT2D eigenvalue weighted by Crippen LogP contribution is 2.31. The van der Waals surface area contributed by atoms with Gasteiger partial charge in [-0.05, 0) is 19.1 Å². The van der Waals surface area contributed by atoms with Crippen LogP contribution in [-0.4, -0.2) is 18.9 Å². The Bertz CT molecular complexity index is 419. The molecule has 2 rings (SSSR count). The van der Waals surface area contributed by atoms with Gasteiger partial charge in [0.25, 0.3) is 0 Å². The van der Waals surface area contributed by atoms with Crippen LogP contribution < -0.4 is 4.90 Å². The number of anilines is 1. The molecule has 0 bridgehead atoms. The van der Waals surface area contributed by atoms with Crippen LogP contribution in [0.25, 0.3) is 0 Å². The first-order valence-electron chi connectivity index (χ1n) is 4.90. The van der Waals surface area contributed by atoms with Crippen molar-refractivity contribution in [2.75, 3.05) is 18.0 Å². The summed E-state index contributed by atoms with van der Waals surface area (Å²) in [5.41, 5.74) is 1.20. The molecule has 0 unspecified atom stereocenters. The van der Waals surface area contributed by atoms with E-state index in [9.17, 15) is 9.18 Å². The molecule has 1 heterocycles. The largest absolute Gasteiger partial charge is 0.371 e. The molecule has 0 aliphatic carbocycles. The molecular weight excluding hydrogens is 217 g/mol. The lowest BCUT2D eigenvalue weighted by atomic mass is 10.0. The summed E-state index contributed by atoms with van der Waals surface area (Å²) in [7, 11) is 0. The van der Waals surface area contributed by atoms with Crippen LogP contribution in [0.2, 0.25) is 5.02 Å². The topological polar surface area (TPSA) is 20.3 Å². The number of hydrogen-bond donors (Lipinski definition) is 0. The molecule has 2 nitrogen and oxygen atoms in total. The third-order valence-corrected chi connectivity index (χ3v) is 2.96. The first-order chi connectivity index (χ1) is 7.13. The zero-order chi connectivity index (χ0) is 11.0. The minimum Gasteiger partial charge on any atom is -0.371 e. The molecule has 80 valence electrons. The third-order valence-electron chi connectivity index (χ3n) is 2.67. The summed E-state index contributed by atoms with van der Waals surface area (Å²) >= 11 is 5.70. The summed E-state index contributed by atoms with van der Waals surface area (Å²) in [6, 6.07) is 2.77. The number of rotatable bonds is 1. The summed E-state index contributed by atoms with van der Waals surface area (Å²) in [4.78, 5) is 13.6. The predicted octanol–water partition coefficient (Wildman–Crippen LogP) is 2.89. The first-order valence-corrected chi connectivity index (χ1v) is 5.28. The van der Waals surface area contributed by atoms with Crippen LogP contribution in [-0.2, 0) is 0 Å². The molecule has 1 aliphatic rings. The van der Waals surface area contributed by atoms with Gasteiger partial charge in [0.15, 0.2) is 5.78 Å². The van der Waals surface area contributed by atoms with Gasteiger partial charge in [-0.25, -0.2) is 4.39 Å². The van der Waals surface area contributed by atoms with Crippen molar-refractivity contribution in [1.29, 1.82) is 0 Å². The lowest BCUT2D eigenvalue weighted by molar-refractivity contribution is 0.0979. The maximum atomic E-state index is 13.2. The molecule has 0 fully saturated rings. The molecule has 0 aromatic heterocycles. The second-order valence-corrected chi connectivity index (χ2v) is 3.94. The maximum absolute atomic E-state index is 13.2. The van der Waals surface area contributed by atoms with Gasteiger partial charge in [0, 0.05) is 30.8 Å². The molecule has 0 N–H and O–H groups in total. The van der Waals surface area contributed by atoms with Crippen molar-refractivity contribution in [1.82, 2.24) is 0 Å². The Kier molecular flexibility index (Phi) is 2.65. The zero-order valence-corrected chi connectivity index (χ0v) is 9.14. The van der Waals surface area contributed by atoms with E-state index >= 15 is 0 Å². The van der Waals surface area contributed by atoms with Crippen molar-refractivity contribution in [2.45, 2.75) is 13.3 Å². The minimum atomic E-state index is -0.526. The molecule has 0 saturated heterocycles. The van der Waals surface area contributed by atoms with Crippen LogP contribution in [0.1, 0.15) is 23.7 Å². The van der Waals surface area contributed by atoms with Crippen LogP contribution in [0, 0.1) is 5.82 Å². The highest BCUT2D eigenvalue weighted by Gasteiger charge is 2.23. The van der Waals surface area contributed by atoms with Gasteiger partial charge in [0.05, 0.1) is 5.02 Å². The van der Waals surface area contributed by atoms with E-state index in [1.54, 1.807) is 0 Å². The van der Waals surface area contributed by atoms with E-state index in [1.807, 2.05) is 11.8 Å². The van der Waals surface area contributed by atoms with Crippen molar-refractivity contribution in [3.05, 3.63) is 28.5 Å². The number of nitrogens with zero attached hydrogens (tertiary/aromatic N) is 1. The molecule has 0 atom stereocenters. The number of carbonyl (C=O) groups excluding carboxylic acids is 1. The van der Waals surface area contributed by atoms with Crippen LogP contribution in [0.3, 0.4) is 0 Å². The highest BCUT2D eigenvalue weighted by atomic mass is 35.5. The number of fused-ring (bicyclic) bond motifs is 1. The van der Waals surface area contributed by atoms with E-state index in [0.29, 0.717) is 18.5 Å². The monoisotopic (exact) mass is 227 g/mol. The molecule has 0 spiro atoms. The Morgan fingerprint density at radius 1 is 1.53 bits per heavy atom. The van der Waals surface area contributed by atoms with Gasteiger partial charge in [-0.3, -0.25) is 4.79 Å². The SMILES string of the molecule is CCN1CCC(=O)c2cc(F)c(Cl)cc21. The summed E-state index contributed by atoms with van der Waals surface area (Å²) in [5.74, 6) is -0.535. The predicted molar refractivity (Wildman–Crippen MR) is 58.2 cm³/mol. The van der Waals surface area contributed by atoms with E-state index in [0.717, 1.165) is 12.2 Å². The van der Waals surface area contributed by atoms with Gasteiger partial charge < -0.3 is 4.90 Å². The van der Waals surface area contributed by atoms with Gasteiger partial charge in [0.2, 0.25) is 0 Å². The normalized spacial score (nSPS) is 15.4. The minimum absolute atomic E-state index is 0.00901. The Balaban J connectivity index is 2.57. The number of hydrogen-bond acceptors (Lipinski definition) is 2. The Hall–Kier alpha value is -1.09. The molecule has 1 aliphatic heterocycles. The van der Waals surface area contributed by atoms with E-state index in [1.165, 1.54) is 12.1 Å². The fraction of sp³-hybridized carbons (Fsp3) is 0.364. The number of carbonyl (C=O) groups is 1. The van der Waals surface area contributed by atoms with Gasteiger partial charge in [-0.1, -0.05) is 11.6 Å². The molecule has 1 aromatic carbocycles. The standard InChI is InChI=1S/C11H11ClFNO/c1-2-14-4-3-11(15)7-5-9(13)8(12)6-10(7)14/h5-6H,2-4H2,1H3. The summed E-state index contributed by atoms with van der Waals surface area (Å²) in [5, 5.41) is 0.0712. The van der Waals surface area contributed by atoms with Crippen LogP contribution in [0.4, 0.5) is 10.1 Å². The molecule has 0 amide bonds. The van der Waals surface area contributed by atoms with Crippen molar-refractivity contribution in [3.63, 3.8) is 0 Å². The maximum Gasteiger partial charge on any atom is 0.166 e. The van der Waals surface area contributed by atoms with Crippen LogP contribution in [0.15, 0.2) is 12.1 Å². The van der Waals surface area contributed by atoms with Gasteiger partial charge in [-0.2, -0.15) is 0 Å². The van der Waals surface area contributed by atoms with Crippen molar-refractivity contribution < 1.29 is 9.18 Å². The second-order valence-electron chi connectivity index (χ2n) is 3.54. The average molecular weight is 228 g/mol. The molecule has 0 saturated carbocycles. The van der Waals surface area contributed by atoms with Crippen molar-refractivity contribution in [2.24, 2.45) is 0 Å². The molecular formula is C11H11ClFNO. The zero-order valence-electron chi connectivity index (χ0n) is 8.39. The fourth-order valence-corrected chi connectivity index (χ4v) is 2.00. The fourth-order valence-electron chi connectivity index (χ4n) is 1.84. The summed E-state index contributed by atoms with van der Waals surface area (Å²) < 4.78 is 13.2. The van der Waals surface area contributed by atoms with Gasteiger partial charge >= 0.3 is 0 Å². The second kappa shape index (κ2) is 3.81. The van der Waals surface area contributed by atoms with E-state index in [2.05, 4.69) is 0 Å². The third kappa shape index (κ3) is 1.72.